The molecule has 0 saturated heterocycles. The summed E-state index contributed by atoms with van der Waals surface area (Å²) in [6.07, 6.45) is -0.0959. The van der Waals surface area contributed by atoms with E-state index in [9.17, 15) is 14.4 Å². The van der Waals surface area contributed by atoms with Crippen molar-refractivity contribution in [2.45, 2.75) is 45.6 Å². The molecular weight excluding hydrogens is 420 g/mol. The number of aliphatic carboxylic acids is 1. The molecular formula is C26H32N2O5. The number of amides is 2. The number of benzene rings is 2. The molecule has 7 heteroatoms. The highest BCUT2D eigenvalue weighted by atomic mass is 16.5. The molecule has 0 fully saturated rings. The van der Waals surface area contributed by atoms with Gasteiger partial charge in [0.1, 0.15) is 12.6 Å². The van der Waals surface area contributed by atoms with E-state index >= 15 is 0 Å². The number of nitrogens with one attached hydrogen (secondary N) is 1. The number of hydrogen-bond acceptors (Lipinski definition) is 4. The maximum Gasteiger partial charge on any atom is 0.407 e. The van der Waals surface area contributed by atoms with Gasteiger partial charge in [-0.25, -0.2) is 4.79 Å². The standard InChI is InChI=1S/C26H32N2O5/c1-4-14-28(15-13-23(29)30)25(31)24(17(2)3)27-26(32)33-16-22-20-11-7-5-9-18(20)19-10-6-8-12-21(19)22/h5-12,17,22,24H,4,13-16H2,1-3H3,(H,27,32)(H,29,30)/t24-/m0/s1. The summed E-state index contributed by atoms with van der Waals surface area (Å²) in [5, 5.41) is 11.7. The van der Waals surface area contributed by atoms with Crippen molar-refractivity contribution in [2.75, 3.05) is 19.7 Å². The summed E-state index contributed by atoms with van der Waals surface area (Å²) < 4.78 is 5.59. The molecule has 0 unspecified atom stereocenters. The Bertz CT molecular complexity index is 958. The first kappa shape index (κ1) is 24.3. The summed E-state index contributed by atoms with van der Waals surface area (Å²) in [5.41, 5.74) is 4.52. The van der Waals surface area contributed by atoms with E-state index in [1.54, 1.807) is 0 Å². The topological polar surface area (TPSA) is 95.9 Å². The van der Waals surface area contributed by atoms with Crippen LogP contribution in [-0.2, 0) is 14.3 Å². The van der Waals surface area contributed by atoms with Crippen LogP contribution in [0.5, 0.6) is 0 Å². The van der Waals surface area contributed by atoms with Gasteiger partial charge >= 0.3 is 12.1 Å². The molecule has 176 valence electrons. The Morgan fingerprint density at radius 2 is 1.58 bits per heavy atom. The molecule has 0 bridgehead atoms. The third-order valence-corrected chi connectivity index (χ3v) is 5.95. The first-order valence-corrected chi connectivity index (χ1v) is 11.5. The molecule has 1 aliphatic rings. The van der Waals surface area contributed by atoms with Crippen LogP contribution in [0.25, 0.3) is 11.1 Å². The first-order chi connectivity index (χ1) is 15.8. The van der Waals surface area contributed by atoms with Gasteiger partial charge < -0.3 is 20.1 Å². The van der Waals surface area contributed by atoms with E-state index in [0.717, 1.165) is 22.3 Å². The Balaban J connectivity index is 1.67. The third-order valence-electron chi connectivity index (χ3n) is 5.95. The Kier molecular flexibility index (Phi) is 8.09. The lowest BCUT2D eigenvalue weighted by Crippen LogP contribution is -2.52. The quantitative estimate of drug-likeness (QED) is 0.561. The normalized spacial score (nSPS) is 13.2. The lowest BCUT2D eigenvalue weighted by Gasteiger charge is -2.29. The van der Waals surface area contributed by atoms with E-state index in [0.29, 0.717) is 13.0 Å². The molecule has 0 aromatic heterocycles. The summed E-state index contributed by atoms with van der Waals surface area (Å²) in [6.45, 7) is 6.31. The van der Waals surface area contributed by atoms with Crippen molar-refractivity contribution < 1.29 is 24.2 Å². The fraction of sp³-hybridized carbons (Fsp3) is 0.423. The van der Waals surface area contributed by atoms with Crippen molar-refractivity contribution in [2.24, 2.45) is 5.92 Å². The van der Waals surface area contributed by atoms with E-state index in [1.165, 1.54) is 4.90 Å². The monoisotopic (exact) mass is 452 g/mol. The van der Waals surface area contributed by atoms with Crippen LogP contribution in [-0.4, -0.2) is 53.7 Å². The number of rotatable bonds is 10. The van der Waals surface area contributed by atoms with Crippen LogP contribution in [0.4, 0.5) is 4.79 Å². The molecule has 0 spiro atoms. The second-order valence-corrected chi connectivity index (χ2v) is 8.66. The predicted molar refractivity (Wildman–Crippen MR) is 126 cm³/mol. The minimum absolute atomic E-state index is 0.0662. The van der Waals surface area contributed by atoms with Crippen molar-refractivity contribution in [3.63, 3.8) is 0 Å². The van der Waals surface area contributed by atoms with Crippen LogP contribution < -0.4 is 5.32 Å². The average molecular weight is 453 g/mol. The summed E-state index contributed by atoms with van der Waals surface area (Å²) >= 11 is 0. The molecule has 2 aromatic rings. The number of carbonyl (C=O) groups is 3. The summed E-state index contributed by atoms with van der Waals surface area (Å²) in [4.78, 5) is 38.2. The fourth-order valence-electron chi connectivity index (χ4n) is 4.31. The zero-order valence-electron chi connectivity index (χ0n) is 19.4. The number of ether oxygens (including phenoxy) is 1. The van der Waals surface area contributed by atoms with Gasteiger partial charge in [0, 0.05) is 19.0 Å². The molecule has 0 saturated carbocycles. The number of hydrogen-bond donors (Lipinski definition) is 2. The van der Waals surface area contributed by atoms with Crippen molar-refractivity contribution in [3.05, 3.63) is 59.7 Å². The van der Waals surface area contributed by atoms with Crippen LogP contribution in [0.2, 0.25) is 0 Å². The maximum atomic E-state index is 13.1. The van der Waals surface area contributed by atoms with Crippen molar-refractivity contribution >= 4 is 18.0 Å². The number of nitrogens with zero attached hydrogens (tertiary/aromatic N) is 1. The lowest BCUT2D eigenvalue weighted by atomic mass is 9.98. The number of carboxylic acid groups (broad SMARTS) is 1. The molecule has 0 radical (unpaired) electrons. The molecule has 1 aliphatic carbocycles. The molecule has 2 aromatic carbocycles. The molecule has 2 N–H and O–H groups in total. The van der Waals surface area contributed by atoms with Crippen LogP contribution in [0.15, 0.2) is 48.5 Å². The van der Waals surface area contributed by atoms with Gasteiger partial charge in [0.05, 0.1) is 6.42 Å². The Morgan fingerprint density at radius 3 is 2.09 bits per heavy atom. The van der Waals surface area contributed by atoms with E-state index < -0.39 is 18.1 Å². The zero-order valence-corrected chi connectivity index (χ0v) is 19.4. The molecule has 0 heterocycles. The van der Waals surface area contributed by atoms with Crippen LogP contribution in [0.3, 0.4) is 0 Å². The zero-order chi connectivity index (χ0) is 24.0. The second-order valence-electron chi connectivity index (χ2n) is 8.66. The van der Waals surface area contributed by atoms with Gasteiger partial charge in [0.2, 0.25) is 5.91 Å². The average Bonchev–Trinajstić information content (AvgIpc) is 3.12. The van der Waals surface area contributed by atoms with E-state index in [4.69, 9.17) is 9.84 Å². The Hall–Kier alpha value is -3.35. The number of alkyl carbamates (subject to hydrolysis) is 1. The smallest absolute Gasteiger partial charge is 0.407 e. The number of carboxylic acids is 1. The first-order valence-electron chi connectivity index (χ1n) is 11.5. The molecule has 7 nitrogen and oxygen atoms in total. The minimum Gasteiger partial charge on any atom is -0.481 e. The minimum atomic E-state index is -0.963. The van der Waals surface area contributed by atoms with Gasteiger partial charge in [0.15, 0.2) is 0 Å². The molecule has 2 amide bonds. The van der Waals surface area contributed by atoms with Crippen molar-refractivity contribution in [1.29, 1.82) is 0 Å². The summed E-state index contributed by atoms with van der Waals surface area (Å²) in [5.74, 6) is -1.50. The second kappa shape index (κ2) is 11.0. The number of carbonyl (C=O) groups excluding carboxylic acids is 2. The number of fused-ring (bicyclic) bond motifs is 3. The van der Waals surface area contributed by atoms with Crippen molar-refractivity contribution in [3.8, 4) is 11.1 Å². The van der Waals surface area contributed by atoms with Crippen LogP contribution >= 0.6 is 0 Å². The highest BCUT2D eigenvalue weighted by molar-refractivity contribution is 5.86. The van der Waals surface area contributed by atoms with Gasteiger partial charge in [-0.05, 0) is 34.6 Å². The van der Waals surface area contributed by atoms with Gasteiger partial charge in [-0.3, -0.25) is 9.59 Å². The molecule has 0 aliphatic heterocycles. The fourth-order valence-corrected chi connectivity index (χ4v) is 4.31. The molecule has 3 rings (SSSR count). The van der Waals surface area contributed by atoms with E-state index in [1.807, 2.05) is 57.2 Å². The van der Waals surface area contributed by atoms with Gasteiger partial charge in [-0.15, -0.1) is 0 Å². The van der Waals surface area contributed by atoms with Crippen LogP contribution in [0.1, 0.15) is 50.7 Å². The summed E-state index contributed by atoms with van der Waals surface area (Å²) in [7, 11) is 0. The highest BCUT2D eigenvalue weighted by Gasteiger charge is 2.31. The van der Waals surface area contributed by atoms with Crippen LogP contribution in [0, 0.1) is 5.92 Å². The van der Waals surface area contributed by atoms with E-state index in [2.05, 4.69) is 17.4 Å². The van der Waals surface area contributed by atoms with Gasteiger partial charge in [0.25, 0.3) is 0 Å². The largest absolute Gasteiger partial charge is 0.481 e. The van der Waals surface area contributed by atoms with Crippen molar-refractivity contribution in [1.82, 2.24) is 10.2 Å². The summed E-state index contributed by atoms with van der Waals surface area (Å²) in [6, 6.07) is 15.4. The third kappa shape index (κ3) is 5.72. The van der Waals surface area contributed by atoms with Gasteiger partial charge in [-0.2, -0.15) is 0 Å². The Morgan fingerprint density at radius 1 is 1.00 bits per heavy atom. The van der Waals surface area contributed by atoms with E-state index in [-0.39, 0.29) is 37.3 Å². The molecule has 33 heavy (non-hydrogen) atoms. The lowest BCUT2D eigenvalue weighted by molar-refractivity contribution is -0.139. The highest BCUT2D eigenvalue weighted by Crippen LogP contribution is 2.44. The van der Waals surface area contributed by atoms with Gasteiger partial charge in [-0.1, -0.05) is 69.3 Å². The predicted octanol–water partition coefficient (Wildman–Crippen LogP) is 4.26. The Labute approximate surface area is 194 Å². The molecule has 1 atom stereocenters. The maximum absolute atomic E-state index is 13.1. The SMILES string of the molecule is CCCN(CCC(=O)O)C(=O)[C@@H](NC(=O)OCC1c2ccccc2-c2ccccc21)C(C)C.